The molecule has 0 saturated heterocycles. The summed E-state index contributed by atoms with van der Waals surface area (Å²) in [5.41, 5.74) is 2.94. The summed E-state index contributed by atoms with van der Waals surface area (Å²) < 4.78 is 46.3. The summed E-state index contributed by atoms with van der Waals surface area (Å²) in [5.74, 6) is -0.367. The van der Waals surface area contributed by atoms with E-state index in [1.807, 2.05) is 19.9 Å². The van der Waals surface area contributed by atoms with E-state index in [1.54, 1.807) is 19.2 Å². The highest BCUT2D eigenvalue weighted by atomic mass is 32.2. The normalized spacial score (nSPS) is 11.1. The van der Waals surface area contributed by atoms with Crippen LogP contribution < -0.4 is 14.4 Å². The second-order valence-corrected chi connectivity index (χ2v) is 8.85. The number of hydrogen-bond donors (Lipinski definition) is 1. The summed E-state index contributed by atoms with van der Waals surface area (Å²) in [6, 6.07) is 16.8. The van der Waals surface area contributed by atoms with Crippen LogP contribution in [0, 0.1) is 19.7 Å². The third-order valence-electron chi connectivity index (χ3n) is 4.56. The molecule has 3 rings (SSSR count). The Balaban J connectivity index is 1.62. The number of halogens is 1. The van der Waals surface area contributed by atoms with E-state index in [0.717, 1.165) is 11.1 Å². The molecule has 0 fully saturated rings. The Morgan fingerprint density at radius 2 is 1.55 bits per heavy atom. The second-order valence-electron chi connectivity index (χ2n) is 7.17. The van der Waals surface area contributed by atoms with Crippen molar-refractivity contribution in [1.82, 2.24) is 0 Å². The van der Waals surface area contributed by atoms with Gasteiger partial charge in [-0.25, -0.2) is 12.8 Å². The Morgan fingerprint density at radius 1 is 0.968 bits per heavy atom. The number of carbonyl (C=O) groups is 1. The fourth-order valence-corrected chi connectivity index (χ4v) is 4.05. The van der Waals surface area contributed by atoms with Crippen LogP contribution in [-0.2, 0) is 14.8 Å². The van der Waals surface area contributed by atoms with Crippen LogP contribution in [0.1, 0.15) is 11.1 Å². The lowest BCUT2D eigenvalue weighted by atomic mass is 10.1. The Bertz CT molecular complexity index is 1160. The average molecular weight is 443 g/mol. The number of nitrogens with zero attached hydrogens (tertiary/aromatic N) is 1. The molecule has 162 valence electrons. The van der Waals surface area contributed by atoms with E-state index in [9.17, 15) is 17.6 Å². The molecule has 0 radical (unpaired) electrons. The summed E-state index contributed by atoms with van der Waals surface area (Å²) in [6.07, 6.45) is 0. The molecule has 31 heavy (non-hydrogen) atoms. The van der Waals surface area contributed by atoms with Crippen molar-refractivity contribution in [2.75, 3.05) is 23.3 Å². The summed E-state index contributed by atoms with van der Waals surface area (Å²) in [6.45, 7) is 3.54. The monoisotopic (exact) mass is 442 g/mol. The molecule has 0 aliphatic rings. The fourth-order valence-electron chi connectivity index (χ4n) is 3.01. The lowest BCUT2D eigenvalue weighted by Crippen LogP contribution is -2.31. The molecule has 0 aromatic heterocycles. The van der Waals surface area contributed by atoms with E-state index in [4.69, 9.17) is 4.74 Å². The number of benzene rings is 3. The molecule has 0 unspecified atom stereocenters. The number of carbonyl (C=O) groups excluding carboxylic acids is 1. The van der Waals surface area contributed by atoms with E-state index in [-0.39, 0.29) is 23.2 Å². The number of sulfonamides is 1. The molecule has 3 aromatic carbocycles. The highest BCUT2D eigenvalue weighted by Crippen LogP contribution is 2.21. The zero-order valence-electron chi connectivity index (χ0n) is 17.4. The first-order valence-corrected chi connectivity index (χ1v) is 11.0. The minimum absolute atomic E-state index is 0.0776. The van der Waals surface area contributed by atoms with Gasteiger partial charge in [0.1, 0.15) is 11.6 Å². The molecule has 0 aliphatic heterocycles. The van der Waals surface area contributed by atoms with Crippen molar-refractivity contribution in [1.29, 1.82) is 0 Å². The summed E-state index contributed by atoms with van der Waals surface area (Å²) >= 11 is 0. The number of nitrogens with one attached hydrogen (secondary N) is 1. The van der Waals surface area contributed by atoms with E-state index in [2.05, 4.69) is 4.72 Å². The molecule has 8 heteroatoms. The predicted molar refractivity (Wildman–Crippen MR) is 118 cm³/mol. The van der Waals surface area contributed by atoms with Crippen molar-refractivity contribution in [3.8, 4) is 5.75 Å². The lowest BCUT2D eigenvalue weighted by Gasteiger charge is -2.17. The van der Waals surface area contributed by atoms with Gasteiger partial charge in [-0.2, -0.15) is 0 Å². The zero-order chi connectivity index (χ0) is 22.6. The first-order valence-electron chi connectivity index (χ1n) is 9.50. The molecule has 0 spiro atoms. The first kappa shape index (κ1) is 22.3. The van der Waals surface area contributed by atoms with Crippen LogP contribution in [-0.4, -0.2) is 28.0 Å². The van der Waals surface area contributed by atoms with Crippen molar-refractivity contribution in [2.24, 2.45) is 0 Å². The molecule has 0 atom stereocenters. The highest BCUT2D eigenvalue weighted by Gasteiger charge is 2.16. The van der Waals surface area contributed by atoms with Gasteiger partial charge < -0.3 is 9.64 Å². The number of amides is 1. The van der Waals surface area contributed by atoms with Crippen LogP contribution in [0.15, 0.2) is 71.6 Å². The van der Waals surface area contributed by atoms with E-state index < -0.39 is 10.0 Å². The van der Waals surface area contributed by atoms with Crippen LogP contribution in [0.25, 0.3) is 0 Å². The number of ether oxygens (including phenoxy) is 1. The van der Waals surface area contributed by atoms with Crippen LogP contribution in [0.2, 0.25) is 0 Å². The number of likely N-dealkylation sites (N-methyl/N-ethyl adjacent to an activating group) is 1. The summed E-state index contributed by atoms with van der Waals surface area (Å²) in [7, 11) is -2.20. The van der Waals surface area contributed by atoms with Crippen LogP contribution in [0.3, 0.4) is 0 Å². The quantitative estimate of drug-likeness (QED) is 0.592. The molecule has 1 amide bonds. The Hall–Kier alpha value is -3.39. The maximum absolute atomic E-state index is 13.0. The average Bonchev–Trinajstić information content (AvgIpc) is 2.71. The van der Waals surface area contributed by atoms with E-state index >= 15 is 0 Å². The predicted octanol–water partition coefficient (Wildman–Crippen LogP) is 4.29. The van der Waals surface area contributed by atoms with Gasteiger partial charge in [0, 0.05) is 18.4 Å². The second kappa shape index (κ2) is 9.18. The van der Waals surface area contributed by atoms with Gasteiger partial charge in [0.25, 0.3) is 15.9 Å². The van der Waals surface area contributed by atoms with Gasteiger partial charge in [0.05, 0.1) is 4.90 Å². The van der Waals surface area contributed by atoms with Gasteiger partial charge in [-0.05, 0) is 85.6 Å². The van der Waals surface area contributed by atoms with Gasteiger partial charge in [0.2, 0.25) is 0 Å². The number of aryl methyl sites for hydroxylation is 2. The van der Waals surface area contributed by atoms with Crippen molar-refractivity contribution in [3.63, 3.8) is 0 Å². The smallest absolute Gasteiger partial charge is 0.264 e. The van der Waals surface area contributed by atoms with Crippen molar-refractivity contribution in [3.05, 3.63) is 83.7 Å². The number of anilines is 2. The molecular formula is C23H23FN2O4S. The minimum atomic E-state index is -3.76. The first-order chi connectivity index (χ1) is 14.6. The van der Waals surface area contributed by atoms with E-state index in [0.29, 0.717) is 17.1 Å². The summed E-state index contributed by atoms with van der Waals surface area (Å²) in [5, 5.41) is 0. The SMILES string of the molecule is Cc1cc(C)cc(NS(=O)(=O)c2ccc(OCC(=O)N(C)c3ccc(F)cc3)cc2)c1. The molecule has 0 bridgehead atoms. The molecule has 3 aromatic rings. The van der Waals surface area contributed by atoms with Gasteiger partial charge in [-0.1, -0.05) is 6.07 Å². The molecule has 6 nitrogen and oxygen atoms in total. The lowest BCUT2D eigenvalue weighted by molar-refractivity contribution is -0.120. The molecule has 0 saturated carbocycles. The Kier molecular flexibility index (Phi) is 6.60. The topological polar surface area (TPSA) is 75.7 Å². The van der Waals surface area contributed by atoms with Gasteiger partial charge >= 0.3 is 0 Å². The maximum Gasteiger partial charge on any atom is 0.264 e. The van der Waals surface area contributed by atoms with Crippen molar-refractivity contribution >= 4 is 27.3 Å². The van der Waals surface area contributed by atoms with Gasteiger partial charge in [-0.15, -0.1) is 0 Å². The molecule has 1 N–H and O–H groups in total. The van der Waals surface area contributed by atoms with Crippen LogP contribution >= 0.6 is 0 Å². The molecule has 0 aliphatic carbocycles. The van der Waals surface area contributed by atoms with Crippen LogP contribution in [0.5, 0.6) is 5.75 Å². The Morgan fingerprint density at radius 3 is 2.13 bits per heavy atom. The standard InChI is InChI=1S/C23H23FN2O4S/c1-16-12-17(2)14-19(13-16)25-31(28,29)22-10-8-21(9-11-22)30-15-23(27)26(3)20-6-4-18(24)5-7-20/h4-14,25H,15H2,1-3H3. The van der Waals surface area contributed by atoms with Crippen LogP contribution in [0.4, 0.5) is 15.8 Å². The Labute approximate surface area is 181 Å². The zero-order valence-corrected chi connectivity index (χ0v) is 18.2. The number of rotatable bonds is 7. The third kappa shape index (κ3) is 5.82. The number of hydrogen-bond acceptors (Lipinski definition) is 4. The van der Waals surface area contributed by atoms with Crippen molar-refractivity contribution < 1.29 is 22.3 Å². The van der Waals surface area contributed by atoms with Crippen molar-refractivity contribution in [2.45, 2.75) is 18.7 Å². The third-order valence-corrected chi connectivity index (χ3v) is 5.96. The molecular weight excluding hydrogens is 419 g/mol. The fraction of sp³-hybridized carbons (Fsp3) is 0.174. The summed E-state index contributed by atoms with van der Waals surface area (Å²) in [4.78, 5) is 13.7. The largest absolute Gasteiger partial charge is 0.484 e. The highest BCUT2D eigenvalue weighted by molar-refractivity contribution is 7.92. The minimum Gasteiger partial charge on any atom is -0.484 e. The maximum atomic E-state index is 13.0. The van der Waals surface area contributed by atoms with E-state index in [1.165, 1.54) is 53.4 Å². The van der Waals surface area contributed by atoms with Gasteiger partial charge in [0.15, 0.2) is 6.61 Å². The van der Waals surface area contributed by atoms with Gasteiger partial charge in [-0.3, -0.25) is 9.52 Å². The molecule has 0 heterocycles.